The molecule has 2 rings (SSSR count). The van der Waals surface area contributed by atoms with Gasteiger partial charge >= 0.3 is 6.18 Å². The Hall–Kier alpha value is -1.67. The van der Waals surface area contributed by atoms with Gasteiger partial charge < -0.3 is 20.1 Å². The Labute approximate surface area is 169 Å². The van der Waals surface area contributed by atoms with Crippen molar-refractivity contribution in [1.29, 1.82) is 0 Å². The van der Waals surface area contributed by atoms with Crippen molar-refractivity contribution >= 4 is 18.3 Å². The molecule has 0 spiro atoms. The Morgan fingerprint density at radius 1 is 1.32 bits per heavy atom. The molecule has 0 saturated carbocycles. The van der Waals surface area contributed by atoms with Crippen molar-refractivity contribution in [3.8, 4) is 11.5 Å². The number of carbonyl (C=O) groups is 1. The molecule has 5 nitrogen and oxygen atoms in total. The summed E-state index contributed by atoms with van der Waals surface area (Å²) in [6, 6.07) is 4.77. The van der Waals surface area contributed by atoms with E-state index in [2.05, 4.69) is 13.8 Å². The number of hydrogen-bond donors (Lipinski definition) is 1. The van der Waals surface area contributed by atoms with Crippen LogP contribution in [0.2, 0.25) is 0 Å². The van der Waals surface area contributed by atoms with Crippen molar-refractivity contribution in [3.05, 3.63) is 23.8 Å². The second-order valence-electron chi connectivity index (χ2n) is 7.59. The van der Waals surface area contributed by atoms with Crippen molar-refractivity contribution in [2.75, 3.05) is 26.8 Å². The van der Waals surface area contributed by atoms with Crippen molar-refractivity contribution < 1.29 is 27.4 Å². The van der Waals surface area contributed by atoms with Crippen LogP contribution in [0.15, 0.2) is 18.2 Å². The zero-order valence-electron chi connectivity index (χ0n) is 16.3. The second kappa shape index (κ2) is 9.69. The summed E-state index contributed by atoms with van der Waals surface area (Å²) in [5.41, 5.74) is 6.79. The molecule has 1 atom stereocenters. The van der Waals surface area contributed by atoms with Crippen LogP contribution in [0.4, 0.5) is 13.2 Å². The molecule has 0 radical (unpaired) electrons. The number of rotatable bonds is 6. The van der Waals surface area contributed by atoms with E-state index >= 15 is 0 Å². The van der Waals surface area contributed by atoms with Crippen LogP contribution in [-0.4, -0.2) is 49.8 Å². The predicted octanol–water partition coefficient (Wildman–Crippen LogP) is 3.58. The molecule has 1 unspecified atom stereocenters. The van der Waals surface area contributed by atoms with E-state index in [-0.39, 0.29) is 41.3 Å². The molecule has 1 aliphatic heterocycles. The highest BCUT2D eigenvalue weighted by molar-refractivity contribution is 5.85. The van der Waals surface area contributed by atoms with Crippen LogP contribution in [0, 0.1) is 5.41 Å². The zero-order chi connectivity index (χ0) is 20.2. The highest BCUT2D eigenvalue weighted by Crippen LogP contribution is 2.31. The number of carbonyl (C=O) groups excluding carboxylic acids is 1. The third-order valence-corrected chi connectivity index (χ3v) is 4.91. The minimum absolute atomic E-state index is 0. The third-order valence-electron chi connectivity index (χ3n) is 4.91. The lowest BCUT2D eigenvalue weighted by Gasteiger charge is -2.42. The van der Waals surface area contributed by atoms with Gasteiger partial charge in [-0.1, -0.05) is 19.9 Å². The molecule has 1 heterocycles. The summed E-state index contributed by atoms with van der Waals surface area (Å²) in [4.78, 5) is 14.3. The van der Waals surface area contributed by atoms with Crippen molar-refractivity contribution in [1.82, 2.24) is 4.90 Å². The summed E-state index contributed by atoms with van der Waals surface area (Å²) in [5, 5.41) is 0. The van der Waals surface area contributed by atoms with E-state index < -0.39 is 12.8 Å². The SMILES string of the molecule is COc1cc(CCC(=O)N2CCC(N)C(C)(C)C2)ccc1OCC(F)(F)F.Cl. The van der Waals surface area contributed by atoms with Gasteiger partial charge in [0.2, 0.25) is 5.91 Å². The monoisotopic (exact) mass is 424 g/mol. The highest BCUT2D eigenvalue weighted by Gasteiger charge is 2.35. The molecular weight excluding hydrogens is 397 g/mol. The quantitative estimate of drug-likeness (QED) is 0.758. The molecule has 0 bridgehead atoms. The molecule has 9 heteroatoms. The number of nitrogens with two attached hydrogens (primary N) is 1. The Bertz CT molecular complexity index is 668. The van der Waals surface area contributed by atoms with Gasteiger partial charge in [-0.2, -0.15) is 13.2 Å². The van der Waals surface area contributed by atoms with E-state index in [1.165, 1.54) is 13.2 Å². The fourth-order valence-corrected chi connectivity index (χ4v) is 3.14. The molecule has 160 valence electrons. The maximum absolute atomic E-state index is 12.5. The Kier molecular flexibility index (Phi) is 8.44. The number of piperidine rings is 1. The summed E-state index contributed by atoms with van der Waals surface area (Å²) >= 11 is 0. The normalized spacial score (nSPS) is 19.0. The second-order valence-corrected chi connectivity index (χ2v) is 7.59. The van der Waals surface area contributed by atoms with E-state index in [1.807, 2.05) is 4.90 Å². The van der Waals surface area contributed by atoms with E-state index in [9.17, 15) is 18.0 Å². The molecular formula is C19H28ClF3N2O3. The molecule has 0 aromatic heterocycles. The summed E-state index contributed by atoms with van der Waals surface area (Å²) in [6.45, 7) is 4.01. The number of benzene rings is 1. The van der Waals surface area contributed by atoms with Gasteiger partial charge in [-0.25, -0.2) is 0 Å². The predicted molar refractivity (Wildman–Crippen MR) is 103 cm³/mol. The van der Waals surface area contributed by atoms with E-state index in [4.69, 9.17) is 15.2 Å². The van der Waals surface area contributed by atoms with Crippen LogP contribution >= 0.6 is 12.4 Å². The number of nitrogens with zero attached hydrogens (tertiary/aromatic N) is 1. The average molecular weight is 425 g/mol. The average Bonchev–Trinajstić information content (AvgIpc) is 2.59. The van der Waals surface area contributed by atoms with E-state index in [1.54, 1.807) is 12.1 Å². The van der Waals surface area contributed by atoms with Gasteiger partial charge in [-0.3, -0.25) is 4.79 Å². The molecule has 1 aromatic carbocycles. The Morgan fingerprint density at radius 3 is 2.57 bits per heavy atom. The first-order valence-corrected chi connectivity index (χ1v) is 8.91. The number of methoxy groups -OCH3 is 1. The number of aryl methyl sites for hydroxylation is 1. The van der Waals surface area contributed by atoms with Gasteiger partial charge in [-0.05, 0) is 36.0 Å². The standard InChI is InChI=1S/C19H27F3N2O3.ClH/c1-18(2)11-24(9-8-16(18)23)17(25)7-5-13-4-6-14(15(10-13)26-3)27-12-19(20,21)22;/h4,6,10,16H,5,7-9,11-12,23H2,1-3H3;1H. The third kappa shape index (κ3) is 6.74. The molecule has 1 aromatic rings. The summed E-state index contributed by atoms with van der Waals surface area (Å²) in [6.07, 6.45) is -2.85. The molecule has 1 aliphatic rings. The van der Waals surface area contributed by atoms with Crippen LogP contribution in [0.25, 0.3) is 0 Å². The summed E-state index contributed by atoms with van der Waals surface area (Å²) in [7, 11) is 1.36. The smallest absolute Gasteiger partial charge is 0.422 e. The first-order chi connectivity index (χ1) is 12.5. The van der Waals surface area contributed by atoms with Crippen molar-refractivity contribution in [3.63, 3.8) is 0 Å². The lowest BCUT2D eigenvalue weighted by molar-refractivity contribution is -0.153. The molecule has 1 saturated heterocycles. The minimum atomic E-state index is -4.42. The Morgan fingerprint density at radius 2 is 2.00 bits per heavy atom. The van der Waals surface area contributed by atoms with Gasteiger partial charge in [0.15, 0.2) is 18.1 Å². The van der Waals surface area contributed by atoms with Gasteiger partial charge in [0, 0.05) is 25.6 Å². The fraction of sp³-hybridized carbons (Fsp3) is 0.632. The minimum Gasteiger partial charge on any atom is -0.493 e. The Balaban J connectivity index is 0.00000392. The van der Waals surface area contributed by atoms with Crippen LogP contribution < -0.4 is 15.2 Å². The maximum atomic E-state index is 12.5. The fourth-order valence-electron chi connectivity index (χ4n) is 3.14. The summed E-state index contributed by atoms with van der Waals surface area (Å²) < 4.78 is 46.8. The van der Waals surface area contributed by atoms with Gasteiger partial charge in [-0.15, -0.1) is 12.4 Å². The van der Waals surface area contributed by atoms with Crippen molar-refractivity contribution in [2.45, 2.75) is 45.3 Å². The van der Waals surface area contributed by atoms with Crippen LogP contribution in [0.3, 0.4) is 0 Å². The van der Waals surface area contributed by atoms with Gasteiger partial charge in [0.05, 0.1) is 7.11 Å². The molecule has 28 heavy (non-hydrogen) atoms. The first kappa shape index (κ1) is 24.4. The van der Waals surface area contributed by atoms with Crippen LogP contribution in [0.5, 0.6) is 11.5 Å². The topological polar surface area (TPSA) is 64.8 Å². The number of likely N-dealkylation sites (tertiary alicyclic amines) is 1. The number of hydrogen-bond acceptors (Lipinski definition) is 4. The van der Waals surface area contributed by atoms with E-state index in [0.29, 0.717) is 25.9 Å². The van der Waals surface area contributed by atoms with Crippen LogP contribution in [-0.2, 0) is 11.2 Å². The maximum Gasteiger partial charge on any atom is 0.422 e. The highest BCUT2D eigenvalue weighted by atomic mass is 35.5. The largest absolute Gasteiger partial charge is 0.493 e. The van der Waals surface area contributed by atoms with Gasteiger partial charge in [0.25, 0.3) is 0 Å². The first-order valence-electron chi connectivity index (χ1n) is 8.91. The van der Waals surface area contributed by atoms with Crippen molar-refractivity contribution in [2.24, 2.45) is 11.1 Å². The number of amides is 1. The number of ether oxygens (including phenoxy) is 2. The summed E-state index contributed by atoms with van der Waals surface area (Å²) in [5.74, 6) is 0.289. The number of alkyl halides is 3. The number of halogens is 4. The molecule has 0 aliphatic carbocycles. The van der Waals surface area contributed by atoms with Gasteiger partial charge in [0.1, 0.15) is 0 Å². The molecule has 1 fully saturated rings. The lowest BCUT2D eigenvalue weighted by Crippen LogP contribution is -2.54. The van der Waals surface area contributed by atoms with Crippen LogP contribution in [0.1, 0.15) is 32.3 Å². The van der Waals surface area contributed by atoms with E-state index in [0.717, 1.165) is 12.0 Å². The molecule has 1 amide bonds. The molecule has 2 N–H and O–H groups in total. The lowest BCUT2D eigenvalue weighted by atomic mass is 9.79. The zero-order valence-corrected chi connectivity index (χ0v) is 17.2.